The van der Waals surface area contributed by atoms with Gasteiger partial charge in [0, 0.05) is 5.69 Å². The molecule has 2 nitrogen and oxygen atoms in total. The molecule has 0 radical (unpaired) electrons. The normalized spacial score (nSPS) is 12.3. The summed E-state index contributed by atoms with van der Waals surface area (Å²) in [6.07, 6.45) is 1.15. The Bertz CT molecular complexity index is 467. The van der Waals surface area contributed by atoms with Crippen molar-refractivity contribution in [2.45, 2.75) is 18.9 Å². The van der Waals surface area contributed by atoms with E-state index in [1.54, 1.807) is 0 Å². The summed E-state index contributed by atoms with van der Waals surface area (Å²) in [5.41, 5.74) is 8.62. The van der Waals surface area contributed by atoms with Gasteiger partial charge in [-0.1, -0.05) is 42.5 Å². The predicted octanol–water partition coefficient (Wildman–Crippen LogP) is 2.94. The second kappa shape index (κ2) is 5.51. The highest BCUT2D eigenvalue weighted by Crippen LogP contribution is 2.19. The molecule has 0 saturated carbocycles. The summed E-state index contributed by atoms with van der Waals surface area (Å²) < 4.78 is 0. The van der Waals surface area contributed by atoms with E-state index >= 15 is 0 Å². The molecule has 0 aliphatic rings. The van der Waals surface area contributed by atoms with E-state index in [9.17, 15) is 5.11 Å². The van der Waals surface area contributed by atoms with Crippen molar-refractivity contribution < 1.29 is 5.11 Å². The first-order chi connectivity index (χ1) is 8.25. The Kier molecular flexibility index (Phi) is 3.78. The summed E-state index contributed by atoms with van der Waals surface area (Å²) in [5, 5.41) is 10.0. The third-order valence-electron chi connectivity index (χ3n) is 2.84. The van der Waals surface area contributed by atoms with Crippen LogP contribution in [0.4, 0.5) is 5.69 Å². The highest BCUT2D eigenvalue weighted by Gasteiger charge is 2.06. The average Bonchev–Trinajstić information content (AvgIpc) is 2.37. The maximum Gasteiger partial charge on any atom is 0.0793 e. The van der Waals surface area contributed by atoms with Crippen LogP contribution in [0, 0.1) is 0 Å². The molecule has 0 spiro atoms. The molecule has 0 aliphatic carbocycles. The number of benzene rings is 2. The number of anilines is 1. The minimum absolute atomic E-state index is 0.405. The molecule has 0 amide bonds. The van der Waals surface area contributed by atoms with Gasteiger partial charge in [0.05, 0.1) is 6.10 Å². The van der Waals surface area contributed by atoms with Gasteiger partial charge in [0.25, 0.3) is 0 Å². The van der Waals surface area contributed by atoms with Gasteiger partial charge in [0.1, 0.15) is 0 Å². The maximum atomic E-state index is 10.0. The Hall–Kier alpha value is -1.80. The van der Waals surface area contributed by atoms with E-state index in [1.165, 1.54) is 5.56 Å². The van der Waals surface area contributed by atoms with Crippen LogP contribution >= 0.6 is 0 Å². The third-order valence-corrected chi connectivity index (χ3v) is 2.84. The van der Waals surface area contributed by atoms with E-state index in [2.05, 4.69) is 0 Å². The summed E-state index contributed by atoms with van der Waals surface area (Å²) in [7, 11) is 0. The topological polar surface area (TPSA) is 46.2 Å². The van der Waals surface area contributed by atoms with Crippen LogP contribution in [0.5, 0.6) is 0 Å². The number of hydrogen-bond donors (Lipinski definition) is 2. The van der Waals surface area contributed by atoms with Crippen LogP contribution in [-0.4, -0.2) is 5.11 Å². The fourth-order valence-electron chi connectivity index (χ4n) is 1.89. The van der Waals surface area contributed by atoms with Crippen molar-refractivity contribution in [1.29, 1.82) is 0 Å². The lowest BCUT2D eigenvalue weighted by molar-refractivity contribution is 0.168. The van der Waals surface area contributed by atoms with Crippen LogP contribution < -0.4 is 5.73 Å². The number of nitrogens with two attached hydrogens (primary N) is 1. The van der Waals surface area contributed by atoms with Gasteiger partial charge in [-0.3, -0.25) is 0 Å². The van der Waals surface area contributed by atoms with Crippen LogP contribution in [0.2, 0.25) is 0 Å². The Morgan fingerprint density at radius 2 is 1.76 bits per heavy atom. The van der Waals surface area contributed by atoms with E-state index in [0.717, 1.165) is 17.7 Å². The monoisotopic (exact) mass is 227 g/mol. The molecule has 0 heterocycles. The molecule has 88 valence electrons. The molecule has 0 bridgehead atoms. The Labute approximate surface area is 102 Å². The molecule has 2 rings (SSSR count). The molecule has 17 heavy (non-hydrogen) atoms. The molecule has 0 saturated heterocycles. The van der Waals surface area contributed by atoms with Crippen LogP contribution in [0.1, 0.15) is 23.7 Å². The fourth-order valence-corrected chi connectivity index (χ4v) is 1.89. The van der Waals surface area contributed by atoms with E-state index in [1.807, 2.05) is 54.6 Å². The second-order valence-electron chi connectivity index (χ2n) is 4.21. The standard InChI is InChI=1S/C15H17NO/c16-14-8-4-5-12(11-14)9-10-15(17)13-6-2-1-3-7-13/h1-8,11,15,17H,9-10,16H2/t15-/m0/s1. The van der Waals surface area contributed by atoms with Crippen molar-refractivity contribution >= 4 is 5.69 Å². The molecule has 0 aliphatic heterocycles. The largest absolute Gasteiger partial charge is 0.399 e. The van der Waals surface area contributed by atoms with Gasteiger partial charge >= 0.3 is 0 Å². The van der Waals surface area contributed by atoms with Gasteiger partial charge in [-0.25, -0.2) is 0 Å². The predicted molar refractivity (Wildman–Crippen MR) is 70.6 cm³/mol. The molecule has 0 aromatic heterocycles. The summed E-state index contributed by atoms with van der Waals surface area (Å²) in [5.74, 6) is 0. The zero-order valence-electron chi connectivity index (χ0n) is 9.71. The maximum absolute atomic E-state index is 10.0. The van der Waals surface area contributed by atoms with Crippen molar-refractivity contribution in [1.82, 2.24) is 0 Å². The van der Waals surface area contributed by atoms with Gasteiger partial charge in [-0.2, -0.15) is 0 Å². The lowest BCUT2D eigenvalue weighted by atomic mass is 10.0. The molecule has 2 aromatic rings. The number of aliphatic hydroxyl groups is 1. The van der Waals surface area contributed by atoms with E-state index in [4.69, 9.17) is 5.73 Å². The Morgan fingerprint density at radius 3 is 2.47 bits per heavy atom. The first kappa shape index (κ1) is 11.7. The van der Waals surface area contributed by atoms with Crippen molar-refractivity contribution in [3.63, 3.8) is 0 Å². The summed E-state index contributed by atoms with van der Waals surface area (Å²) >= 11 is 0. The first-order valence-electron chi connectivity index (χ1n) is 5.83. The van der Waals surface area contributed by atoms with Gasteiger partial charge < -0.3 is 10.8 Å². The van der Waals surface area contributed by atoms with Crippen LogP contribution in [0.25, 0.3) is 0 Å². The van der Waals surface area contributed by atoms with Gasteiger partial charge in [-0.05, 0) is 36.1 Å². The van der Waals surface area contributed by atoms with Crippen molar-refractivity contribution in [2.24, 2.45) is 0 Å². The number of aliphatic hydroxyl groups excluding tert-OH is 1. The molecule has 0 fully saturated rings. The number of rotatable bonds is 4. The minimum Gasteiger partial charge on any atom is -0.399 e. The molecule has 2 heteroatoms. The van der Waals surface area contributed by atoms with E-state index in [0.29, 0.717) is 6.42 Å². The first-order valence-corrected chi connectivity index (χ1v) is 5.83. The summed E-state index contributed by atoms with van der Waals surface area (Å²) in [6.45, 7) is 0. The SMILES string of the molecule is Nc1cccc(CC[C@H](O)c2ccccc2)c1. The Balaban J connectivity index is 1.95. The smallest absolute Gasteiger partial charge is 0.0793 e. The molecular weight excluding hydrogens is 210 g/mol. The van der Waals surface area contributed by atoms with Gasteiger partial charge in [-0.15, -0.1) is 0 Å². The number of hydrogen-bond acceptors (Lipinski definition) is 2. The van der Waals surface area contributed by atoms with E-state index in [-0.39, 0.29) is 0 Å². The van der Waals surface area contributed by atoms with Gasteiger partial charge in [0.15, 0.2) is 0 Å². The third kappa shape index (κ3) is 3.33. The summed E-state index contributed by atoms with van der Waals surface area (Å²) in [4.78, 5) is 0. The molecular formula is C15H17NO. The molecule has 2 aromatic carbocycles. The Morgan fingerprint density at radius 1 is 1.00 bits per heavy atom. The zero-order chi connectivity index (χ0) is 12.1. The zero-order valence-corrected chi connectivity index (χ0v) is 9.71. The van der Waals surface area contributed by atoms with Gasteiger partial charge in [0.2, 0.25) is 0 Å². The molecule has 1 atom stereocenters. The summed E-state index contributed by atoms with van der Waals surface area (Å²) in [6, 6.07) is 17.5. The van der Waals surface area contributed by atoms with Crippen molar-refractivity contribution in [3.8, 4) is 0 Å². The van der Waals surface area contributed by atoms with Crippen molar-refractivity contribution in [3.05, 3.63) is 65.7 Å². The molecule has 0 unspecified atom stereocenters. The lowest BCUT2D eigenvalue weighted by Crippen LogP contribution is -1.99. The van der Waals surface area contributed by atoms with Crippen LogP contribution in [-0.2, 0) is 6.42 Å². The van der Waals surface area contributed by atoms with E-state index < -0.39 is 6.10 Å². The quantitative estimate of drug-likeness (QED) is 0.789. The van der Waals surface area contributed by atoms with Crippen LogP contribution in [0.3, 0.4) is 0 Å². The average molecular weight is 227 g/mol. The van der Waals surface area contributed by atoms with Crippen LogP contribution in [0.15, 0.2) is 54.6 Å². The lowest BCUT2D eigenvalue weighted by Gasteiger charge is -2.10. The number of aryl methyl sites for hydroxylation is 1. The fraction of sp³-hybridized carbons (Fsp3) is 0.200. The highest BCUT2D eigenvalue weighted by molar-refractivity contribution is 5.40. The minimum atomic E-state index is -0.405. The second-order valence-corrected chi connectivity index (χ2v) is 4.21. The molecule has 3 N–H and O–H groups in total. The number of nitrogen functional groups attached to an aromatic ring is 1. The highest BCUT2D eigenvalue weighted by atomic mass is 16.3. The van der Waals surface area contributed by atoms with Crippen molar-refractivity contribution in [2.75, 3.05) is 5.73 Å².